The van der Waals surface area contributed by atoms with Crippen LogP contribution in [0.4, 0.5) is 0 Å². The summed E-state index contributed by atoms with van der Waals surface area (Å²) in [5.74, 6) is 0.0616. The maximum absolute atomic E-state index is 12.3. The van der Waals surface area contributed by atoms with Crippen LogP contribution in [-0.4, -0.2) is 23.1 Å². The summed E-state index contributed by atoms with van der Waals surface area (Å²) in [6.07, 6.45) is 0.611. The van der Waals surface area contributed by atoms with Gasteiger partial charge in [-0.25, -0.2) is 0 Å². The molecule has 3 atom stereocenters. The van der Waals surface area contributed by atoms with Crippen molar-refractivity contribution in [1.82, 2.24) is 0 Å². The van der Waals surface area contributed by atoms with Crippen molar-refractivity contribution in [3.8, 4) is 0 Å². The highest BCUT2D eigenvalue weighted by Gasteiger charge is 2.30. The van der Waals surface area contributed by atoms with Gasteiger partial charge in [-0.05, 0) is 5.56 Å². The number of aliphatic hydroxyl groups excluding tert-OH is 1. The second-order valence-electron chi connectivity index (χ2n) is 5.78. The van der Waals surface area contributed by atoms with Crippen molar-refractivity contribution in [2.75, 3.05) is 0 Å². The average Bonchev–Trinajstić information content (AvgIpc) is 2.56. The molecule has 22 heavy (non-hydrogen) atoms. The predicted molar refractivity (Wildman–Crippen MR) is 84.7 cm³/mol. The number of hydrogen-bond acceptors (Lipinski definition) is 3. The maximum atomic E-state index is 12.3. The number of hydrogen-bond donors (Lipinski definition) is 1. The zero-order valence-corrected chi connectivity index (χ0v) is 12.4. The third kappa shape index (κ3) is 3.62. The molecule has 0 unspecified atom stereocenters. The van der Waals surface area contributed by atoms with Crippen LogP contribution in [0.2, 0.25) is 0 Å². The summed E-state index contributed by atoms with van der Waals surface area (Å²) in [5, 5.41) is 10.1. The van der Waals surface area contributed by atoms with E-state index in [0.717, 1.165) is 5.56 Å². The van der Waals surface area contributed by atoms with E-state index in [2.05, 4.69) is 0 Å². The lowest BCUT2D eigenvalue weighted by atomic mass is 9.93. The van der Waals surface area contributed by atoms with E-state index in [1.54, 1.807) is 0 Å². The topological polar surface area (TPSA) is 46.5 Å². The first-order valence-electron chi connectivity index (χ1n) is 7.69. The fraction of sp³-hybridized carbons (Fsp3) is 0.316. The van der Waals surface area contributed by atoms with E-state index in [1.165, 1.54) is 0 Å². The van der Waals surface area contributed by atoms with Crippen LogP contribution in [-0.2, 0) is 4.74 Å². The van der Waals surface area contributed by atoms with Gasteiger partial charge in [0.15, 0.2) is 5.78 Å². The van der Waals surface area contributed by atoms with Crippen molar-refractivity contribution in [3.05, 3.63) is 71.8 Å². The lowest BCUT2D eigenvalue weighted by Gasteiger charge is -2.33. The number of rotatable bonds is 4. The molecule has 0 aromatic heterocycles. The summed E-state index contributed by atoms with van der Waals surface area (Å²) in [6.45, 7) is 0. The van der Waals surface area contributed by atoms with Crippen LogP contribution >= 0.6 is 0 Å². The third-order valence-electron chi connectivity index (χ3n) is 4.06. The van der Waals surface area contributed by atoms with E-state index in [9.17, 15) is 9.90 Å². The predicted octanol–water partition coefficient (Wildman–Crippen LogP) is 3.54. The van der Waals surface area contributed by atoms with Gasteiger partial charge < -0.3 is 9.84 Å². The van der Waals surface area contributed by atoms with Gasteiger partial charge in [-0.1, -0.05) is 60.7 Å². The molecule has 1 aliphatic rings. The Hall–Kier alpha value is -1.97. The Morgan fingerprint density at radius 1 is 1.00 bits per heavy atom. The molecule has 0 bridgehead atoms. The van der Waals surface area contributed by atoms with Crippen LogP contribution in [0.5, 0.6) is 0 Å². The van der Waals surface area contributed by atoms with Gasteiger partial charge in [-0.2, -0.15) is 0 Å². The lowest BCUT2D eigenvalue weighted by Crippen LogP contribution is -2.32. The highest BCUT2D eigenvalue weighted by atomic mass is 16.5. The molecule has 3 nitrogen and oxygen atoms in total. The van der Waals surface area contributed by atoms with Gasteiger partial charge in [-0.15, -0.1) is 0 Å². The molecule has 0 amide bonds. The second-order valence-corrected chi connectivity index (χ2v) is 5.78. The summed E-state index contributed by atoms with van der Waals surface area (Å²) in [6, 6.07) is 19.1. The number of Topliss-reactive ketones (excluding diaryl/α,β-unsaturated/α-hetero) is 1. The molecule has 1 aliphatic heterocycles. The largest absolute Gasteiger partial charge is 0.393 e. The first kappa shape index (κ1) is 14.9. The van der Waals surface area contributed by atoms with Crippen LogP contribution in [0.3, 0.4) is 0 Å². The third-order valence-corrected chi connectivity index (χ3v) is 4.06. The molecule has 1 saturated heterocycles. The van der Waals surface area contributed by atoms with Crippen molar-refractivity contribution < 1.29 is 14.6 Å². The minimum absolute atomic E-state index is 0.0616. The van der Waals surface area contributed by atoms with Gasteiger partial charge in [0, 0.05) is 24.8 Å². The molecule has 3 heteroatoms. The molecule has 114 valence electrons. The number of benzene rings is 2. The average molecular weight is 296 g/mol. The van der Waals surface area contributed by atoms with E-state index in [4.69, 9.17) is 4.74 Å². The van der Waals surface area contributed by atoms with Gasteiger partial charge in [-0.3, -0.25) is 4.79 Å². The maximum Gasteiger partial charge on any atom is 0.165 e. The summed E-state index contributed by atoms with van der Waals surface area (Å²) in [7, 11) is 0. The van der Waals surface area contributed by atoms with Crippen molar-refractivity contribution in [2.45, 2.75) is 37.6 Å². The van der Waals surface area contributed by atoms with E-state index in [-0.39, 0.29) is 18.0 Å². The summed E-state index contributed by atoms with van der Waals surface area (Å²) < 4.78 is 6.05. The minimum atomic E-state index is -0.424. The fourth-order valence-electron chi connectivity index (χ4n) is 2.95. The molecule has 1 N–H and O–H groups in total. The molecule has 2 aromatic rings. The van der Waals surface area contributed by atoms with Crippen LogP contribution in [0.15, 0.2) is 60.7 Å². The Bertz CT molecular complexity index is 609. The summed E-state index contributed by atoms with van der Waals surface area (Å²) >= 11 is 0. The standard InChI is InChI=1S/C19H20O3/c20-16-11-17(13-18(21)14-7-3-1-4-8-14)22-19(12-16)15-9-5-2-6-10-15/h1-10,16-17,19-20H,11-13H2/t16-,17+,19-/m0/s1. The molecule has 2 aromatic carbocycles. The fourth-order valence-corrected chi connectivity index (χ4v) is 2.95. The normalized spacial score (nSPS) is 24.9. The first-order valence-corrected chi connectivity index (χ1v) is 7.69. The van der Waals surface area contributed by atoms with E-state index in [0.29, 0.717) is 24.8 Å². The second kappa shape index (κ2) is 6.86. The van der Waals surface area contributed by atoms with Gasteiger partial charge in [0.25, 0.3) is 0 Å². The zero-order chi connectivity index (χ0) is 15.4. The molecule has 0 spiro atoms. The Morgan fingerprint density at radius 2 is 1.64 bits per heavy atom. The van der Waals surface area contributed by atoms with Crippen LogP contribution in [0.25, 0.3) is 0 Å². The highest BCUT2D eigenvalue weighted by molar-refractivity contribution is 5.96. The Kier molecular flexibility index (Phi) is 4.66. The zero-order valence-electron chi connectivity index (χ0n) is 12.4. The van der Waals surface area contributed by atoms with E-state index >= 15 is 0 Å². The molecule has 0 radical (unpaired) electrons. The van der Waals surface area contributed by atoms with E-state index in [1.807, 2.05) is 60.7 Å². The van der Waals surface area contributed by atoms with Gasteiger partial charge >= 0.3 is 0 Å². The first-order chi connectivity index (χ1) is 10.7. The van der Waals surface area contributed by atoms with Crippen molar-refractivity contribution in [2.24, 2.45) is 0 Å². The SMILES string of the molecule is O=C(C[C@H]1C[C@H](O)C[C@@H](c2ccccc2)O1)c1ccccc1. The number of ether oxygens (including phenoxy) is 1. The van der Waals surface area contributed by atoms with Crippen LogP contribution in [0.1, 0.15) is 41.3 Å². The molecular weight excluding hydrogens is 276 g/mol. The van der Waals surface area contributed by atoms with Gasteiger partial charge in [0.05, 0.1) is 18.3 Å². The highest BCUT2D eigenvalue weighted by Crippen LogP contribution is 2.32. The Morgan fingerprint density at radius 3 is 2.32 bits per heavy atom. The molecule has 1 fully saturated rings. The number of carbonyl (C=O) groups is 1. The lowest BCUT2D eigenvalue weighted by molar-refractivity contribution is -0.0962. The minimum Gasteiger partial charge on any atom is -0.393 e. The van der Waals surface area contributed by atoms with Gasteiger partial charge in [0.1, 0.15) is 0 Å². The monoisotopic (exact) mass is 296 g/mol. The summed E-state index contributed by atoms with van der Waals surface area (Å²) in [5.41, 5.74) is 1.75. The van der Waals surface area contributed by atoms with E-state index < -0.39 is 6.10 Å². The van der Waals surface area contributed by atoms with Crippen LogP contribution < -0.4 is 0 Å². The van der Waals surface area contributed by atoms with Crippen LogP contribution in [0, 0.1) is 0 Å². The number of ketones is 1. The van der Waals surface area contributed by atoms with Crippen molar-refractivity contribution >= 4 is 5.78 Å². The quantitative estimate of drug-likeness (QED) is 0.878. The van der Waals surface area contributed by atoms with Crippen molar-refractivity contribution in [3.63, 3.8) is 0 Å². The number of aliphatic hydroxyl groups is 1. The summed E-state index contributed by atoms with van der Waals surface area (Å²) in [4.78, 5) is 12.3. The molecule has 0 aliphatic carbocycles. The molecule has 3 rings (SSSR count). The Labute approximate surface area is 130 Å². The molecule has 1 heterocycles. The smallest absolute Gasteiger partial charge is 0.165 e. The molecule has 0 saturated carbocycles. The van der Waals surface area contributed by atoms with Gasteiger partial charge in [0.2, 0.25) is 0 Å². The number of carbonyl (C=O) groups excluding carboxylic acids is 1. The van der Waals surface area contributed by atoms with Crippen molar-refractivity contribution in [1.29, 1.82) is 0 Å². The molecular formula is C19H20O3. The Balaban J connectivity index is 1.68.